The van der Waals surface area contributed by atoms with E-state index in [1.165, 1.54) is 12.0 Å². The number of amides is 1. The summed E-state index contributed by atoms with van der Waals surface area (Å²) in [5.74, 6) is -0.368. The number of carbonyl (C=O) groups excluding carboxylic acids is 2. The van der Waals surface area contributed by atoms with Gasteiger partial charge in [0.05, 0.1) is 18.4 Å². The quantitative estimate of drug-likeness (QED) is 0.588. The lowest BCUT2D eigenvalue weighted by Gasteiger charge is -2.13. The molecule has 0 unspecified atom stereocenters. The summed E-state index contributed by atoms with van der Waals surface area (Å²) in [4.78, 5) is 25.0. The van der Waals surface area contributed by atoms with Crippen LogP contribution in [0.2, 0.25) is 0 Å². The van der Waals surface area contributed by atoms with Gasteiger partial charge in [-0.2, -0.15) is 0 Å². The smallest absolute Gasteiger partial charge is 0.299 e. The summed E-state index contributed by atoms with van der Waals surface area (Å²) in [6.07, 6.45) is 3.68. The highest BCUT2D eigenvalue weighted by Gasteiger charge is 2.35. The number of benzene rings is 1. The minimum Gasteiger partial charge on any atom is -0.497 e. The largest absolute Gasteiger partial charge is 0.497 e. The molecule has 1 heterocycles. The summed E-state index contributed by atoms with van der Waals surface area (Å²) in [5, 5.41) is 0. The Hall–Kier alpha value is -2.10. The average Bonchev–Trinajstić information content (AvgIpc) is 2.60. The standard InChI is InChI=1S/C13H13NO3/c1-3-4-7-14-11-6-5-9(17-2)8-10(11)12(15)13(14)16/h3-6,8H,7H2,1-2H3. The molecule has 1 aliphatic heterocycles. The van der Waals surface area contributed by atoms with Crippen LogP contribution in [0.1, 0.15) is 17.3 Å². The summed E-state index contributed by atoms with van der Waals surface area (Å²) in [5.41, 5.74) is 1.07. The maximum absolute atomic E-state index is 11.8. The number of anilines is 1. The molecule has 0 aliphatic carbocycles. The number of hydrogen-bond donors (Lipinski definition) is 0. The highest BCUT2D eigenvalue weighted by atomic mass is 16.5. The maximum atomic E-state index is 11.8. The van der Waals surface area contributed by atoms with Gasteiger partial charge < -0.3 is 9.64 Å². The zero-order chi connectivity index (χ0) is 12.4. The van der Waals surface area contributed by atoms with Gasteiger partial charge in [0.2, 0.25) is 0 Å². The Balaban J connectivity index is 2.43. The van der Waals surface area contributed by atoms with E-state index in [0.29, 0.717) is 23.5 Å². The van der Waals surface area contributed by atoms with Crippen LogP contribution in [-0.2, 0) is 4.79 Å². The van der Waals surface area contributed by atoms with Crippen LogP contribution in [0.3, 0.4) is 0 Å². The lowest BCUT2D eigenvalue weighted by Crippen LogP contribution is -2.29. The van der Waals surface area contributed by atoms with E-state index in [4.69, 9.17) is 4.74 Å². The molecule has 0 aromatic heterocycles. The molecule has 0 fully saturated rings. The van der Waals surface area contributed by atoms with Crippen LogP contribution in [0, 0.1) is 0 Å². The van der Waals surface area contributed by atoms with Crippen molar-refractivity contribution >= 4 is 17.4 Å². The van der Waals surface area contributed by atoms with Gasteiger partial charge >= 0.3 is 0 Å². The predicted octanol–water partition coefficient (Wildman–Crippen LogP) is 1.80. The molecule has 1 aromatic carbocycles. The second-order valence-electron chi connectivity index (χ2n) is 3.70. The van der Waals surface area contributed by atoms with Gasteiger partial charge in [-0.1, -0.05) is 12.2 Å². The molecule has 0 saturated heterocycles. The van der Waals surface area contributed by atoms with Gasteiger partial charge in [0.25, 0.3) is 11.7 Å². The van der Waals surface area contributed by atoms with Crippen LogP contribution in [0.4, 0.5) is 5.69 Å². The first-order valence-corrected chi connectivity index (χ1v) is 5.34. The molecular formula is C13H13NO3. The van der Waals surface area contributed by atoms with E-state index in [2.05, 4.69) is 0 Å². The third-order valence-corrected chi connectivity index (χ3v) is 2.70. The van der Waals surface area contributed by atoms with Crippen LogP contribution in [0.5, 0.6) is 5.75 Å². The van der Waals surface area contributed by atoms with E-state index < -0.39 is 11.7 Å². The number of fused-ring (bicyclic) bond motifs is 1. The fraction of sp³-hybridized carbons (Fsp3) is 0.231. The maximum Gasteiger partial charge on any atom is 0.299 e. The van der Waals surface area contributed by atoms with Gasteiger partial charge in [0.15, 0.2) is 0 Å². The molecule has 0 radical (unpaired) electrons. The summed E-state index contributed by atoms with van der Waals surface area (Å²) in [6, 6.07) is 5.08. The van der Waals surface area contributed by atoms with Crippen LogP contribution in [0.25, 0.3) is 0 Å². The summed E-state index contributed by atoms with van der Waals surface area (Å²) in [7, 11) is 1.53. The van der Waals surface area contributed by atoms with E-state index in [1.54, 1.807) is 18.2 Å². The highest BCUT2D eigenvalue weighted by molar-refractivity contribution is 6.52. The number of Topliss-reactive ketones (excluding diaryl/α,β-unsaturated/α-hetero) is 1. The van der Waals surface area contributed by atoms with Gasteiger partial charge in [-0.25, -0.2) is 0 Å². The molecule has 0 bridgehead atoms. The number of ketones is 1. The summed E-state index contributed by atoms with van der Waals surface area (Å²) < 4.78 is 5.04. The average molecular weight is 231 g/mol. The van der Waals surface area contributed by atoms with Crippen molar-refractivity contribution in [2.75, 3.05) is 18.6 Å². The van der Waals surface area contributed by atoms with Gasteiger partial charge in [0, 0.05) is 6.54 Å². The Labute approximate surface area is 99.5 Å². The fourth-order valence-electron chi connectivity index (χ4n) is 1.80. The third-order valence-electron chi connectivity index (χ3n) is 2.70. The molecule has 1 amide bonds. The first-order chi connectivity index (χ1) is 8.19. The number of rotatable bonds is 3. The Kier molecular flexibility index (Phi) is 2.95. The van der Waals surface area contributed by atoms with Crippen LogP contribution in [-0.4, -0.2) is 25.3 Å². The van der Waals surface area contributed by atoms with Crippen LogP contribution >= 0.6 is 0 Å². The van der Waals surface area contributed by atoms with Crippen molar-refractivity contribution in [1.29, 1.82) is 0 Å². The predicted molar refractivity (Wildman–Crippen MR) is 64.5 cm³/mol. The zero-order valence-corrected chi connectivity index (χ0v) is 9.77. The number of allylic oxidation sites excluding steroid dienone is 1. The highest BCUT2D eigenvalue weighted by Crippen LogP contribution is 2.31. The molecule has 0 atom stereocenters. The minimum absolute atomic E-state index is 0.416. The number of hydrogen-bond acceptors (Lipinski definition) is 3. The topological polar surface area (TPSA) is 46.6 Å². The molecule has 0 saturated carbocycles. The molecule has 1 aromatic rings. The van der Waals surface area contributed by atoms with E-state index in [0.717, 1.165) is 0 Å². The molecule has 4 nitrogen and oxygen atoms in total. The molecule has 17 heavy (non-hydrogen) atoms. The lowest BCUT2D eigenvalue weighted by molar-refractivity contribution is -0.114. The molecule has 4 heteroatoms. The molecule has 0 N–H and O–H groups in total. The summed E-state index contributed by atoms with van der Waals surface area (Å²) in [6.45, 7) is 2.29. The fourth-order valence-corrected chi connectivity index (χ4v) is 1.80. The summed E-state index contributed by atoms with van der Waals surface area (Å²) >= 11 is 0. The SMILES string of the molecule is CC=CCN1C(=O)C(=O)c2cc(OC)ccc21. The molecular weight excluding hydrogens is 218 g/mol. The van der Waals surface area contributed by atoms with Crippen molar-refractivity contribution in [3.8, 4) is 5.75 Å². The number of ether oxygens (including phenoxy) is 1. The van der Waals surface area contributed by atoms with E-state index in [1.807, 2.05) is 19.1 Å². The Morgan fingerprint density at radius 2 is 2.12 bits per heavy atom. The van der Waals surface area contributed by atoms with Gasteiger partial charge in [-0.3, -0.25) is 9.59 Å². The van der Waals surface area contributed by atoms with E-state index in [9.17, 15) is 9.59 Å². The Bertz CT molecular complexity index is 505. The Morgan fingerprint density at radius 1 is 1.35 bits per heavy atom. The van der Waals surface area contributed by atoms with Crippen molar-refractivity contribution in [2.24, 2.45) is 0 Å². The first kappa shape index (κ1) is 11.4. The minimum atomic E-state index is -0.480. The second-order valence-corrected chi connectivity index (χ2v) is 3.70. The van der Waals surface area contributed by atoms with Gasteiger partial charge in [-0.05, 0) is 25.1 Å². The third kappa shape index (κ3) is 1.82. The van der Waals surface area contributed by atoms with Crippen molar-refractivity contribution in [3.63, 3.8) is 0 Å². The molecule has 2 rings (SSSR count). The molecule has 1 aliphatic rings. The normalized spacial score (nSPS) is 14.6. The second kappa shape index (κ2) is 4.41. The Morgan fingerprint density at radius 3 is 2.76 bits per heavy atom. The first-order valence-electron chi connectivity index (χ1n) is 5.34. The molecule has 88 valence electrons. The van der Waals surface area contributed by atoms with Crippen molar-refractivity contribution in [1.82, 2.24) is 0 Å². The monoisotopic (exact) mass is 231 g/mol. The van der Waals surface area contributed by atoms with Crippen molar-refractivity contribution < 1.29 is 14.3 Å². The number of carbonyl (C=O) groups is 2. The van der Waals surface area contributed by atoms with Gasteiger partial charge in [-0.15, -0.1) is 0 Å². The van der Waals surface area contributed by atoms with Gasteiger partial charge in [0.1, 0.15) is 5.75 Å². The number of methoxy groups -OCH3 is 1. The van der Waals surface area contributed by atoms with Crippen LogP contribution < -0.4 is 9.64 Å². The van der Waals surface area contributed by atoms with Crippen LogP contribution in [0.15, 0.2) is 30.4 Å². The van der Waals surface area contributed by atoms with E-state index in [-0.39, 0.29) is 0 Å². The number of nitrogens with zero attached hydrogens (tertiary/aromatic N) is 1. The molecule has 0 spiro atoms. The van der Waals surface area contributed by atoms with E-state index >= 15 is 0 Å². The zero-order valence-electron chi connectivity index (χ0n) is 9.77. The van der Waals surface area contributed by atoms with Crippen molar-refractivity contribution in [2.45, 2.75) is 6.92 Å². The lowest BCUT2D eigenvalue weighted by atomic mass is 10.1. The van der Waals surface area contributed by atoms with Crippen molar-refractivity contribution in [3.05, 3.63) is 35.9 Å².